The number of amides is 1. The molecule has 2 aromatic rings. The third kappa shape index (κ3) is 6.20. The van der Waals surface area contributed by atoms with E-state index in [0.717, 1.165) is 15.0 Å². The van der Waals surface area contributed by atoms with Crippen LogP contribution in [0.1, 0.15) is 19.4 Å². The molecule has 0 aromatic heterocycles. The Hall–Kier alpha value is -2.59. The maximum absolute atomic E-state index is 12.6. The zero-order valence-corrected chi connectivity index (χ0v) is 19.5. The molecule has 0 aliphatic heterocycles. The number of halogens is 1. The molecule has 1 unspecified atom stereocenters. The minimum absolute atomic E-state index is 0.348. The van der Waals surface area contributed by atoms with Crippen LogP contribution in [0.2, 0.25) is 0 Å². The summed E-state index contributed by atoms with van der Waals surface area (Å²) in [7, 11) is -2.20. The van der Waals surface area contributed by atoms with Crippen molar-refractivity contribution in [1.29, 1.82) is 0 Å². The van der Waals surface area contributed by atoms with E-state index in [1.54, 1.807) is 36.4 Å². The molecular formula is C20H24BrN3O5S. The Kier molecular flexibility index (Phi) is 8.24. The quantitative estimate of drug-likeness (QED) is 0.423. The summed E-state index contributed by atoms with van der Waals surface area (Å²) in [4.78, 5) is 12.6. The largest absolute Gasteiger partial charge is 0.496 e. The van der Waals surface area contributed by atoms with Crippen LogP contribution in [0.25, 0.3) is 0 Å². The minimum Gasteiger partial charge on any atom is -0.496 e. The highest BCUT2D eigenvalue weighted by atomic mass is 79.9. The van der Waals surface area contributed by atoms with Crippen LogP contribution in [0.15, 0.2) is 52.0 Å². The van der Waals surface area contributed by atoms with Gasteiger partial charge in [-0.25, -0.2) is 13.8 Å². The highest BCUT2D eigenvalue weighted by Crippen LogP contribution is 2.24. The lowest BCUT2D eigenvalue weighted by Crippen LogP contribution is -2.46. The maximum atomic E-state index is 12.6. The molecule has 2 rings (SSSR count). The molecule has 1 atom stereocenters. The lowest BCUT2D eigenvalue weighted by atomic mass is 10.2. The Morgan fingerprint density at radius 2 is 1.93 bits per heavy atom. The predicted molar refractivity (Wildman–Crippen MR) is 121 cm³/mol. The fourth-order valence-electron chi connectivity index (χ4n) is 2.73. The monoisotopic (exact) mass is 497 g/mol. The maximum Gasteiger partial charge on any atom is 0.263 e. The molecule has 0 radical (unpaired) electrons. The van der Waals surface area contributed by atoms with Crippen molar-refractivity contribution in [2.24, 2.45) is 5.10 Å². The van der Waals surface area contributed by atoms with E-state index in [1.807, 2.05) is 13.0 Å². The highest BCUT2D eigenvalue weighted by molar-refractivity contribution is 9.10. The summed E-state index contributed by atoms with van der Waals surface area (Å²) < 4.78 is 37.2. The summed E-state index contributed by atoms with van der Waals surface area (Å²) in [6.07, 6.45) is 2.47. The van der Waals surface area contributed by atoms with Gasteiger partial charge in [-0.15, -0.1) is 0 Å². The normalized spacial score (nSPS) is 12.4. The lowest BCUT2D eigenvalue weighted by Gasteiger charge is -2.27. The molecule has 0 heterocycles. The third-order valence-electron chi connectivity index (χ3n) is 4.06. The molecule has 30 heavy (non-hydrogen) atoms. The number of carbonyl (C=O) groups is 1. The van der Waals surface area contributed by atoms with Gasteiger partial charge in [-0.3, -0.25) is 9.10 Å². The van der Waals surface area contributed by atoms with Gasteiger partial charge in [-0.1, -0.05) is 15.9 Å². The van der Waals surface area contributed by atoms with Crippen LogP contribution in [0.3, 0.4) is 0 Å². The first-order chi connectivity index (χ1) is 14.2. The van der Waals surface area contributed by atoms with Gasteiger partial charge in [0.25, 0.3) is 5.91 Å². The van der Waals surface area contributed by atoms with Crippen LogP contribution in [0, 0.1) is 0 Å². The number of hydrazone groups is 1. The number of nitrogens with zero attached hydrogens (tertiary/aromatic N) is 2. The second kappa shape index (κ2) is 10.4. The highest BCUT2D eigenvalue weighted by Gasteiger charge is 2.29. The van der Waals surface area contributed by atoms with E-state index in [0.29, 0.717) is 29.4 Å². The molecule has 0 bridgehead atoms. The van der Waals surface area contributed by atoms with Gasteiger partial charge in [0.2, 0.25) is 10.0 Å². The summed E-state index contributed by atoms with van der Waals surface area (Å²) in [5.41, 5.74) is 3.38. The molecule has 8 nitrogen and oxygen atoms in total. The average Bonchev–Trinajstić information content (AvgIpc) is 2.68. The molecule has 0 aliphatic carbocycles. The van der Waals surface area contributed by atoms with Gasteiger partial charge >= 0.3 is 0 Å². The second-order valence-corrected chi connectivity index (χ2v) is 9.06. The van der Waals surface area contributed by atoms with Crippen LogP contribution in [0.4, 0.5) is 5.69 Å². The van der Waals surface area contributed by atoms with Crippen molar-refractivity contribution >= 4 is 43.8 Å². The number of hydrogen-bond acceptors (Lipinski definition) is 6. The summed E-state index contributed by atoms with van der Waals surface area (Å²) in [6, 6.07) is 10.8. The van der Waals surface area contributed by atoms with E-state index in [1.165, 1.54) is 20.2 Å². The molecule has 162 valence electrons. The van der Waals surface area contributed by atoms with Crippen LogP contribution in [-0.2, 0) is 14.8 Å². The van der Waals surface area contributed by atoms with Gasteiger partial charge in [-0.05, 0) is 56.3 Å². The molecule has 0 saturated heterocycles. The zero-order valence-electron chi connectivity index (χ0n) is 17.1. The van der Waals surface area contributed by atoms with Crippen molar-refractivity contribution in [2.75, 3.05) is 24.3 Å². The molecule has 0 fully saturated rings. The molecule has 2 aromatic carbocycles. The van der Waals surface area contributed by atoms with Gasteiger partial charge in [-0.2, -0.15) is 5.10 Å². The van der Waals surface area contributed by atoms with Crippen molar-refractivity contribution in [2.45, 2.75) is 19.9 Å². The lowest BCUT2D eigenvalue weighted by molar-refractivity contribution is -0.121. The number of carbonyl (C=O) groups excluding carboxylic acids is 1. The summed E-state index contributed by atoms with van der Waals surface area (Å²) in [5, 5.41) is 3.94. The Balaban J connectivity index is 2.19. The van der Waals surface area contributed by atoms with Crippen molar-refractivity contribution in [3.05, 3.63) is 52.5 Å². The number of anilines is 1. The second-order valence-electron chi connectivity index (χ2n) is 6.28. The Bertz CT molecular complexity index is 1010. The fraction of sp³-hybridized carbons (Fsp3) is 0.300. The topological polar surface area (TPSA) is 97.3 Å². The number of hydrogen-bond donors (Lipinski definition) is 1. The molecule has 10 heteroatoms. The first-order valence-corrected chi connectivity index (χ1v) is 11.7. The van der Waals surface area contributed by atoms with Crippen LogP contribution in [-0.4, -0.2) is 46.6 Å². The van der Waals surface area contributed by atoms with Gasteiger partial charge < -0.3 is 9.47 Å². The summed E-state index contributed by atoms with van der Waals surface area (Å²) >= 11 is 3.36. The summed E-state index contributed by atoms with van der Waals surface area (Å²) in [6.45, 7) is 3.84. The number of ether oxygens (including phenoxy) is 2. The Labute approximate surface area is 185 Å². The van der Waals surface area contributed by atoms with Gasteiger partial charge in [0, 0.05) is 10.0 Å². The standard InChI is InChI=1S/C20H24BrN3O5S/c1-5-29-18-9-7-17(8-10-18)24(30(4,26)27)14(2)20(25)23-22-13-15-12-16(21)6-11-19(15)28-3/h6-14H,5H2,1-4H3,(H,23,25)/b22-13+. The Morgan fingerprint density at radius 1 is 1.27 bits per heavy atom. The molecule has 0 aliphatic rings. The molecule has 0 saturated carbocycles. The minimum atomic E-state index is -3.73. The van der Waals surface area contributed by atoms with E-state index < -0.39 is 22.0 Å². The van der Waals surface area contributed by atoms with Crippen molar-refractivity contribution in [3.8, 4) is 11.5 Å². The van der Waals surface area contributed by atoms with E-state index in [9.17, 15) is 13.2 Å². The Morgan fingerprint density at radius 3 is 2.50 bits per heavy atom. The van der Waals surface area contributed by atoms with Crippen LogP contribution >= 0.6 is 15.9 Å². The number of nitrogens with one attached hydrogen (secondary N) is 1. The molecule has 0 spiro atoms. The van der Waals surface area contributed by atoms with Crippen molar-refractivity contribution in [3.63, 3.8) is 0 Å². The molecule has 1 N–H and O–H groups in total. The average molecular weight is 498 g/mol. The number of sulfonamides is 1. The van der Waals surface area contributed by atoms with Crippen LogP contribution in [0.5, 0.6) is 11.5 Å². The van der Waals surface area contributed by atoms with Crippen molar-refractivity contribution in [1.82, 2.24) is 5.43 Å². The fourth-order valence-corrected chi connectivity index (χ4v) is 4.28. The molecule has 1 amide bonds. The molecular weight excluding hydrogens is 474 g/mol. The third-order valence-corrected chi connectivity index (χ3v) is 5.80. The first kappa shape index (κ1) is 23.7. The van der Waals surface area contributed by atoms with Gasteiger partial charge in [0.1, 0.15) is 17.5 Å². The SMILES string of the molecule is CCOc1ccc(N(C(C)C(=O)N/N=C/c2cc(Br)ccc2OC)S(C)(=O)=O)cc1. The summed E-state index contributed by atoms with van der Waals surface area (Å²) in [5.74, 6) is 0.607. The predicted octanol–water partition coefficient (Wildman–Crippen LogP) is 3.16. The van der Waals surface area contributed by atoms with E-state index in [2.05, 4.69) is 26.5 Å². The smallest absolute Gasteiger partial charge is 0.263 e. The van der Waals surface area contributed by atoms with E-state index in [-0.39, 0.29) is 0 Å². The number of methoxy groups -OCH3 is 1. The number of benzene rings is 2. The van der Waals surface area contributed by atoms with Crippen molar-refractivity contribution < 1.29 is 22.7 Å². The number of rotatable bonds is 9. The van der Waals surface area contributed by atoms with Crippen LogP contribution < -0.4 is 19.2 Å². The van der Waals surface area contributed by atoms with E-state index >= 15 is 0 Å². The zero-order chi connectivity index (χ0) is 22.3. The van der Waals surface area contributed by atoms with Gasteiger partial charge in [0.15, 0.2) is 0 Å². The van der Waals surface area contributed by atoms with E-state index in [4.69, 9.17) is 9.47 Å². The van der Waals surface area contributed by atoms with Gasteiger partial charge in [0.05, 0.1) is 31.9 Å². The first-order valence-electron chi connectivity index (χ1n) is 9.06.